The van der Waals surface area contributed by atoms with Crippen molar-refractivity contribution in [2.75, 3.05) is 13.7 Å². The van der Waals surface area contributed by atoms with Gasteiger partial charge in [-0.15, -0.1) is 0 Å². The van der Waals surface area contributed by atoms with E-state index in [0.717, 1.165) is 24.0 Å². The highest BCUT2D eigenvalue weighted by Crippen LogP contribution is 2.24. The molecule has 1 radical (unpaired) electrons. The number of ether oxygens (including phenoxy) is 1. The van der Waals surface area contributed by atoms with Gasteiger partial charge < -0.3 is 15.8 Å². The molecule has 25 heavy (non-hydrogen) atoms. The van der Waals surface area contributed by atoms with Crippen LogP contribution in [0.5, 0.6) is 0 Å². The number of benzene rings is 2. The second kappa shape index (κ2) is 9.35. The van der Waals surface area contributed by atoms with E-state index in [0.29, 0.717) is 12.1 Å². The standard InChI is InChI=1S/C21H27N2O2/c1-4-7-16-10-12-17(13-11-16)18-8-5-6-9-19(18)21(24)23-14-20(22)15(2)25-3/h5,8-13,15,20H,4,7,14,22H2,1-3H3,(H,23,24)/t15-,20-/m1/s1. The number of aryl methyl sites for hydroxylation is 1. The quantitative estimate of drug-likeness (QED) is 0.776. The number of carbonyl (C=O) groups is 1. The Bertz CT molecular complexity index is 683. The highest BCUT2D eigenvalue weighted by atomic mass is 16.5. The van der Waals surface area contributed by atoms with Crippen LogP contribution in [0.4, 0.5) is 0 Å². The van der Waals surface area contributed by atoms with Gasteiger partial charge in [-0.05, 0) is 42.2 Å². The van der Waals surface area contributed by atoms with E-state index in [-0.39, 0.29) is 18.1 Å². The van der Waals surface area contributed by atoms with Gasteiger partial charge in [0.2, 0.25) is 0 Å². The fraction of sp³-hybridized carbons (Fsp3) is 0.381. The van der Waals surface area contributed by atoms with Crippen LogP contribution in [0.3, 0.4) is 0 Å². The molecule has 2 rings (SSSR count). The molecule has 0 spiro atoms. The summed E-state index contributed by atoms with van der Waals surface area (Å²) in [6.45, 7) is 4.41. The minimum atomic E-state index is -0.251. The van der Waals surface area contributed by atoms with Gasteiger partial charge in [0.15, 0.2) is 0 Å². The van der Waals surface area contributed by atoms with Crippen LogP contribution in [0.2, 0.25) is 0 Å². The highest BCUT2D eigenvalue weighted by molar-refractivity contribution is 6.00. The first-order valence-electron chi connectivity index (χ1n) is 8.72. The van der Waals surface area contributed by atoms with E-state index >= 15 is 0 Å². The Kier molecular flexibility index (Phi) is 7.16. The number of nitrogens with two attached hydrogens (primary N) is 1. The molecule has 0 unspecified atom stereocenters. The molecule has 4 heteroatoms. The average molecular weight is 339 g/mol. The molecule has 1 amide bonds. The molecule has 0 bridgehead atoms. The molecule has 0 aliphatic carbocycles. The maximum atomic E-state index is 12.6. The van der Waals surface area contributed by atoms with Crippen LogP contribution >= 0.6 is 0 Å². The smallest absolute Gasteiger partial charge is 0.251 e. The van der Waals surface area contributed by atoms with Crippen molar-refractivity contribution >= 4 is 5.91 Å². The summed E-state index contributed by atoms with van der Waals surface area (Å²) in [7, 11) is 1.61. The average Bonchev–Trinajstić information content (AvgIpc) is 2.66. The topological polar surface area (TPSA) is 64.4 Å². The van der Waals surface area contributed by atoms with Gasteiger partial charge in [0, 0.05) is 25.3 Å². The second-order valence-corrected chi connectivity index (χ2v) is 6.23. The van der Waals surface area contributed by atoms with E-state index < -0.39 is 0 Å². The molecule has 0 aliphatic heterocycles. The van der Waals surface area contributed by atoms with Crippen molar-refractivity contribution in [3.05, 3.63) is 59.7 Å². The van der Waals surface area contributed by atoms with Crippen LogP contribution in [0, 0.1) is 6.07 Å². The molecule has 2 atom stereocenters. The number of hydrogen-bond acceptors (Lipinski definition) is 3. The SMILES string of the molecule is CCCc1ccc(-c2cc[c]cc2C(=O)NC[C@@H](N)[C@@H](C)OC)cc1. The van der Waals surface area contributed by atoms with Gasteiger partial charge >= 0.3 is 0 Å². The summed E-state index contributed by atoms with van der Waals surface area (Å²) >= 11 is 0. The van der Waals surface area contributed by atoms with Crippen LogP contribution < -0.4 is 11.1 Å². The predicted octanol–water partition coefficient (Wildman–Crippen LogP) is 3.20. The summed E-state index contributed by atoms with van der Waals surface area (Å²) in [5, 5.41) is 2.89. The highest BCUT2D eigenvalue weighted by Gasteiger charge is 2.16. The third-order valence-electron chi connectivity index (χ3n) is 4.39. The van der Waals surface area contributed by atoms with Crippen LogP contribution in [-0.2, 0) is 11.2 Å². The van der Waals surface area contributed by atoms with Gasteiger partial charge in [-0.1, -0.05) is 49.7 Å². The zero-order valence-electron chi connectivity index (χ0n) is 15.2. The summed E-state index contributed by atoms with van der Waals surface area (Å²) in [6.07, 6.45) is 2.06. The number of amides is 1. The van der Waals surface area contributed by atoms with Crippen molar-refractivity contribution in [3.8, 4) is 11.1 Å². The summed E-state index contributed by atoms with van der Waals surface area (Å²) in [4.78, 5) is 12.6. The van der Waals surface area contributed by atoms with Crippen LogP contribution in [0.25, 0.3) is 11.1 Å². The second-order valence-electron chi connectivity index (χ2n) is 6.23. The molecule has 133 valence electrons. The van der Waals surface area contributed by atoms with Gasteiger partial charge in [0.25, 0.3) is 5.91 Å². The molecule has 0 saturated carbocycles. The molecule has 0 aromatic heterocycles. The van der Waals surface area contributed by atoms with Gasteiger partial charge in [-0.2, -0.15) is 0 Å². The lowest BCUT2D eigenvalue weighted by Gasteiger charge is -2.19. The first-order valence-corrected chi connectivity index (χ1v) is 8.72. The minimum Gasteiger partial charge on any atom is -0.380 e. The Morgan fingerprint density at radius 1 is 1.28 bits per heavy atom. The molecular weight excluding hydrogens is 312 g/mol. The number of carbonyl (C=O) groups excluding carboxylic acids is 1. The summed E-state index contributed by atoms with van der Waals surface area (Å²) in [6, 6.07) is 16.6. The van der Waals surface area contributed by atoms with E-state index in [2.05, 4.69) is 42.6 Å². The fourth-order valence-corrected chi connectivity index (χ4v) is 2.66. The molecular formula is C21H27N2O2. The van der Waals surface area contributed by atoms with Gasteiger partial charge in [0.05, 0.1) is 6.10 Å². The van der Waals surface area contributed by atoms with Crippen LogP contribution in [-0.4, -0.2) is 31.7 Å². The van der Waals surface area contributed by atoms with Crippen molar-refractivity contribution in [2.24, 2.45) is 5.73 Å². The molecule has 3 N–H and O–H groups in total. The van der Waals surface area contributed by atoms with Gasteiger partial charge in [-0.3, -0.25) is 4.79 Å². The monoisotopic (exact) mass is 339 g/mol. The lowest BCUT2D eigenvalue weighted by Crippen LogP contribution is -2.44. The maximum absolute atomic E-state index is 12.6. The number of hydrogen-bond donors (Lipinski definition) is 2. The van der Waals surface area contributed by atoms with Crippen LogP contribution in [0.1, 0.15) is 36.2 Å². The fourth-order valence-electron chi connectivity index (χ4n) is 2.66. The first-order chi connectivity index (χ1) is 12.1. The van der Waals surface area contributed by atoms with Gasteiger partial charge in [-0.25, -0.2) is 0 Å². The van der Waals surface area contributed by atoms with Crippen LogP contribution in [0.15, 0.2) is 42.5 Å². The zero-order valence-corrected chi connectivity index (χ0v) is 15.2. The van der Waals surface area contributed by atoms with Crippen molar-refractivity contribution in [1.82, 2.24) is 5.32 Å². The summed E-state index contributed by atoms with van der Waals surface area (Å²) < 4.78 is 5.19. The third-order valence-corrected chi connectivity index (χ3v) is 4.39. The van der Waals surface area contributed by atoms with Crippen molar-refractivity contribution in [1.29, 1.82) is 0 Å². The van der Waals surface area contributed by atoms with E-state index in [4.69, 9.17) is 10.5 Å². The Morgan fingerprint density at radius 2 is 2.00 bits per heavy atom. The largest absolute Gasteiger partial charge is 0.380 e. The summed E-state index contributed by atoms with van der Waals surface area (Å²) in [5.41, 5.74) is 9.82. The number of rotatable bonds is 8. The van der Waals surface area contributed by atoms with Crippen molar-refractivity contribution in [2.45, 2.75) is 38.8 Å². The number of methoxy groups -OCH3 is 1. The van der Waals surface area contributed by atoms with E-state index in [1.165, 1.54) is 5.56 Å². The zero-order chi connectivity index (χ0) is 18.2. The summed E-state index contributed by atoms with van der Waals surface area (Å²) in [5.74, 6) is -0.150. The van der Waals surface area contributed by atoms with Gasteiger partial charge in [0.1, 0.15) is 0 Å². The Labute approximate surface area is 150 Å². The maximum Gasteiger partial charge on any atom is 0.251 e. The van der Waals surface area contributed by atoms with Crippen molar-refractivity contribution < 1.29 is 9.53 Å². The normalized spacial score (nSPS) is 13.3. The lowest BCUT2D eigenvalue weighted by atomic mass is 9.97. The molecule has 0 heterocycles. The minimum absolute atomic E-state index is 0.117. The Hall–Kier alpha value is -2.17. The van der Waals surface area contributed by atoms with Crippen molar-refractivity contribution in [3.63, 3.8) is 0 Å². The Morgan fingerprint density at radius 3 is 2.64 bits per heavy atom. The molecule has 2 aromatic carbocycles. The predicted molar refractivity (Wildman–Crippen MR) is 101 cm³/mol. The van der Waals surface area contributed by atoms with E-state index in [1.807, 2.05) is 19.1 Å². The first kappa shape index (κ1) is 19.2. The molecule has 2 aromatic rings. The Balaban J connectivity index is 2.15. The molecule has 4 nitrogen and oxygen atoms in total. The molecule has 0 aliphatic rings. The van der Waals surface area contributed by atoms with E-state index in [9.17, 15) is 4.79 Å². The third kappa shape index (κ3) is 5.15. The van der Waals surface area contributed by atoms with E-state index in [1.54, 1.807) is 13.2 Å². The molecule has 0 saturated heterocycles. The molecule has 0 fully saturated rings. The lowest BCUT2D eigenvalue weighted by molar-refractivity contribution is 0.0862. The number of nitrogens with one attached hydrogen (secondary N) is 1.